The Hall–Kier alpha value is -2.21. The number of halogens is 2. The molecular formula is C17H18ClFN4O. The molecule has 0 aliphatic carbocycles. The highest BCUT2D eigenvalue weighted by atomic mass is 35.5. The van der Waals surface area contributed by atoms with Gasteiger partial charge in [0, 0.05) is 18.8 Å². The molecule has 1 aliphatic rings. The Morgan fingerprint density at radius 3 is 2.46 bits per heavy atom. The van der Waals surface area contributed by atoms with Crippen molar-refractivity contribution >= 4 is 29.0 Å². The minimum Gasteiger partial charge on any atom is -0.339 e. The highest BCUT2D eigenvalue weighted by molar-refractivity contribution is 6.31. The van der Waals surface area contributed by atoms with Crippen LogP contribution >= 0.6 is 11.6 Å². The Morgan fingerprint density at radius 2 is 1.83 bits per heavy atom. The van der Waals surface area contributed by atoms with Crippen molar-refractivity contribution in [2.24, 2.45) is 0 Å². The van der Waals surface area contributed by atoms with Gasteiger partial charge in [0.05, 0.1) is 5.02 Å². The maximum atomic E-state index is 13.2. The molecule has 5 nitrogen and oxygen atoms in total. The van der Waals surface area contributed by atoms with Crippen LogP contribution < -0.4 is 5.32 Å². The van der Waals surface area contributed by atoms with Crippen LogP contribution in [-0.2, 0) is 0 Å². The quantitative estimate of drug-likeness (QED) is 0.909. The smallest absolute Gasteiger partial charge is 0.274 e. The minimum absolute atomic E-state index is 0.0286. The van der Waals surface area contributed by atoms with Crippen molar-refractivity contribution in [3.8, 4) is 0 Å². The Morgan fingerprint density at radius 1 is 1.08 bits per heavy atom. The first-order chi connectivity index (χ1) is 11.6. The fraction of sp³-hybridized carbons (Fsp3) is 0.353. The van der Waals surface area contributed by atoms with E-state index in [1.165, 1.54) is 25.0 Å². The molecule has 0 bridgehead atoms. The summed E-state index contributed by atoms with van der Waals surface area (Å²) in [5, 5.41) is 11.0. The number of hydrogen-bond donors (Lipinski definition) is 1. The number of amides is 1. The molecule has 1 aromatic heterocycles. The summed E-state index contributed by atoms with van der Waals surface area (Å²) >= 11 is 5.74. The van der Waals surface area contributed by atoms with Gasteiger partial charge in [-0.25, -0.2) is 4.39 Å². The largest absolute Gasteiger partial charge is 0.339 e. The lowest BCUT2D eigenvalue weighted by molar-refractivity contribution is 0.0754. The second-order valence-corrected chi connectivity index (χ2v) is 6.17. The zero-order valence-corrected chi connectivity index (χ0v) is 13.9. The molecule has 1 amide bonds. The van der Waals surface area contributed by atoms with E-state index in [0.717, 1.165) is 25.9 Å². The van der Waals surface area contributed by atoms with Gasteiger partial charge in [-0.05, 0) is 43.2 Å². The molecule has 0 radical (unpaired) electrons. The van der Waals surface area contributed by atoms with Crippen molar-refractivity contribution in [3.63, 3.8) is 0 Å². The zero-order valence-electron chi connectivity index (χ0n) is 13.1. The van der Waals surface area contributed by atoms with E-state index >= 15 is 0 Å². The van der Waals surface area contributed by atoms with Gasteiger partial charge in [-0.3, -0.25) is 4.79 Å². The van der Waals surface area contributed by atoms with E-state index < -0.39 is 5.82 Å². The molecular weight excluding hydrogens is 331 g/mol. The molecule has 2 aromatic rings. The highest BCUT2D eigenvalue weighted by Crippen LogP contribution is 2.22. The number of carbonyl (C=O) groups excluding carboxylic acids is 1. The van der Waals surface area contributed by atoms with Gasteiger partial charge in [0.15, 0.2) is 11.5 Å². The van der Waals surface area contributed by atoms with Gasteiger partial charge in [0.2, 0.25) is 0 Å². The van der Waals surface area contributed by atoms with Crippen LogP contribution in [0.3, 0.4) is 0 Å². The van der Waals surface area contributed by atoms with Crippen molar-refractivity contribution in [2.75, 3.05) is 18.4 Å². The van der Waals surface area contributed by atoms with E-state index in [1.807, 2.05) is 4.90 Å². The molecule has 7 heteroatoms. The van der Waals surface area contributed by atoms with E-state index in [0.29, 0.717) is 17.2 Å². The van der Waals surface area contributed by atoms with Crippen LogP contribution in [0, 0.1) is 5.82 Å². The minimum atomic E-state index is -0.480. The molecule has 0 atom stereocenters. The number of nitrogens with zero attached hydrogens (tertiary/aromatic N) is 3. The molecule has 1 fully saturated rings. The van der Waals surface area contributed by atoms with Crippen molar-refractivity contribution in [2.45, 2.75) is 25.7 Å². The van der Waals surface area contributed by atoms with Crippen molar-refractivity contribution < 1.29 is 9.18 Å². The van der Waals surface area contributed by atoms with Gasteiger partial charge in [0.25, 0.3) is 5.91 Å². The number of likely N-dealkylation sites (tertiary alicyclic amines) is 1. The van der Waals surface area contributed by atoms with E-state index in [9.17, 15) is 9.18 Å². The topological polar surface area (TPSA) is 58.1 Å². The van der Waals surface area contributed by atoms with Crippen molar-refractivity contribution in [1.29, 1.82) is 0 Å². The van der Waals surface area contributed by atoms with Crippen LogP contribution in [0.2, 0.25) is 5.02 Å². The van der Waals surface area contributed by atoms with Crippen LogP contribution in [0.25, 0.3) is 0 Å². The normalized spacial score (nSPS) is 15.0. The SMILES string of the molecule is O=C(c1ccc(Nc2ccc(F)c(Cl)c2)nn1)N1CCCCCC1. The Bertz CT molecular complexity index is 715. The summed E-state index contributed by atoms with van der Waals surface area (Å²) in [6.45, 7) is 1.54. The summed E-state index contributed by atoms with van der Waals surface area (Å²) < 4.78 is 13.2. The second-order valence-electron chi connectivity index (χ2n) is 5.76. The highest BCUT2D eigenvalue weighted by Gasteiger charge is 2.18. The summed E-state index contributed by atoms with van der Waals surface area (Å²) in [5.74, 6) is -0.0995. The Kier molecular flexibility index (Phi) is 5.25. The van der Waals surface area contributed by atoms with Crippen LogP contribution in [0.4, 0.5) is 15.9 Å². The van der Waals surface area contributed by atoms with Gasteiger partial charge in [-0.1, -0.05) is 24.4 Å². The predicted molar refractivity (Wildman–Crippen MR) is 91.1 cm³/mol. The van der Waals surface area contributed by atoms with E-state index in [1.54, 1.807) is 18.2 Å². The first-order valence-electron chi connectivity index (χ1n) is 7.98. The third kappa shape index (κ3) is 4.00. The fourth-order valence-corrected chi connectivity index (χ4v) is 2.85. The maximum absolute atomic E-state index is 13.2. The summed E-state index contributed by atoms with van der Waals surface area (Å²) in [5.41, 5.74) is 0.932. The van der Waals surface area contributed by atoms with Gasteiger partial charge in [-0.2, -0.15) is 0 Å². The molecule has 1 saturated heterocycles. The fourth-order valence-electron chi connectivity index (χ4n) is 2.67. The van der Waals surface area contributed by atoms with E-state index in [4.69, 9.17) is 11.6 Å². The standard InChI is InChI=1S/C17H18ClFN4O/c18-13-11-12(5-6-14(13)19)20-16-8-7-15(21-22-16)17(24)23-9-3-1-2-4-10-23/h5-8,11H,1-4,9-10H2,(H,20,22). The van der Waals surface area contributed by atoms with Crippen molar-refractivity contribution in [3.05, 3.63) is 46.9 Å². The molecule has 2 heterocycles. The number of nitrogens with one attached hydrogen (secondary N) is 1. The maximum Gasteiger partial charge on any atom is 0.274 e. The van der Waals surface area contributed by atoms with Crippen LogP contribution in [0.1, 0.15) is 36.2 Å². The van der Waals surface area contributed by atoms with Crippen molar-refractivity contribution in [1.82, 2.24) is 15.1 Å². The lowest BCUT2D eigenvalue weighted by Crippen LogP contribution is -2.32. The van der Waals surface area contributed by atoms with Crippen LogP contribution in [0.15, 0.2) is 30.3 Å². The van der Waals surface area contributed by atoms with Crippen LogP contribution in [0.5, 0.6) is 0 Å². The Labute approximate surface area is 144 Å². The molecule has 1 aliphatic heterocycles. The molecule has 126 valence electrons. The molecule has 0 spiro atoms. The number of benzene rings is 1. The summed E-state index contributed by atoms with van der Waals surface area (Å²) in [4.78, 5) is 14.3. The number of rotatable bonds is 3. The average molecular weight is 349 g/mol. The lowest BCUT2D eigenvalue weighted by Gasteiger charge is -2.19. The molecule has 0 unspecified atom stereocenters. The second kappa shape index (κ2) is 7.57. The van der Waals surface area contributed by atoms with E-state index in [2.05, 4.69) is 15.5 Å². The van der Waals surface area contributed by atoms with Gasteiger partial charge >= 0.3 is 0 Å². The summed E-state index contributed by atoms with van der Waals surface area (Å²) in [6.07, 6.45) is 4.39. The molecule has 3 rings (SSSR count). The third-order valence-corrected chi connectivity index (χ3v) is 4.26. The van der Waals surface area contributed by atoms with Gasteiger partial charge in [0.1, 0.15) is 5.82 Å². The zero-order chi connectivity index (χ0) is 16.9. The van der Waals surface area contributed by atoms with Gasteiger partial charge in [-0.15, -0.1) is 10.2 Å². The molecule has 1 N–H and O–H groups in total. The monoisotopic (exact) mass is 348 g/mol. The summed E-state index contributed by atoms with van der Waals surface area (Å²) in [6, 6.07) is 7.62. The summed E-state index contributed by atoms with van der Waals surface area (Å²) in [7, 11) is 0. The lowest BCUT2D eigenvalue weighted by atomic mass is 10.2. The number of hydrogen-bond acceptors (Lipinski definition) is 4. The van der Waals surface area contributed by atoms with Gasteiger partial charge < -0.3 is 10.2 Å². The number of aromatic nitrogens is 2. The first-order valence-corrected chi connectivity index (χ1v) is 8.36. The van der Waals surface area contributed by atoms with E-state index in [-0.39, 0.29) is 10.9 Å². The molecule has 0 saturated carbocycles. The number of carbonyl (C=O) groups is 1. The van der Waals surface area contributed by atoms with Crippen LogP contribution in [-0.4, -0.2) is 34.1 Å². The molecule has 1 aromatic carbocycles. The first kappa shape index (κ1) is 16.6. The Balaban J connectivity index is 1.68. The third-order valence-electron chi connectivity index (χ3n) is 3.97. The average Bonchev–Trinajstić information content (AvgIpc) is 2.88. The number of anilines is 2. The molecule has 24 heavy (non-hydrogen) atoms. The predicted octanol–water partition coefficient (Wildman–Crippen LogP) is 4.03.